The summed E-state index contributed by atoms with van der Waals surface area (Å²) in [5, 5.41) is 3.96. The minimum absolute atomic E-state index is 0.0703. The van der Waals surface area contributed by atoms with E-state index in [1.165, 1.54) is 10.7 Å². The molecule has 8 heteroatoms. The molecule has 1 atom stereocenters. The van der Waals surface area contributed by atoms with Gasteiger partial charge in [0.15, 0.2) is 5.69 Å². The summed E-state index contributed by atoms with van der Waals surface area (Å²) in [7, 11) is 0. The number of hydrogen-bond donors (Lipinski definition) is 1. The van der Waals surface area contributed by atoms with Crippen LogP contribution in [0.2, 0.25) is 0 Å². The number of rotatable bonds is 5. The van der Waals surface area contributed by atoms with Crippen molar-refractivity contribution in [2.24, 2.45) is 5.73 Å². The number of fused-ring (bicyclic) bond motifs is 1. The van der Waals surface area contributed by atoms with Crippen molar-refractivity contribution < 1.29 is 23.0 Å². The van der Waals surface area contributed by atoms with Gasteiger partial charge in [-0.05, 0) is 0 Å². The maximum absolute atomic E-state index is 11.8. The molecule has 0 radical (unpaired) electrons. The largest absolute Gasteiger partial charge is 0.474 e. The zero-order valence-corrected chi connectivity index (χ0v) is 9.51. The van der Waals surface area contributed by atoms with Gasteiger partial charge in [-0.15, -0.1) is 0 Å². The number of alkyl halides is 2. The molecule has 0 bridgehead atoms. The van der Waals surface area contributed by atoms with Crippen molar-refractivity contribution in [3.8, 4) is 5.88 Å². The van der Waals surface area contributed by atoms with Gasteiger partial charge in [-0.1, -0.05) is 0 Å². The molecule has 1 aliphatic rings. The predicted octanol–water partition coefficient (Wildman–Crippen LogP) is 0.762. The summed E-state index contributed by atoms with van der Waals surface area (Å²) in [6, 6.07) is 1.45. The van der Waals surface area contributed by atoms with Crippen molar-refractivity contribution in [1.82, 2.24) is 9.78 Å². The molecule has 0 aromatic carbocycles. The van der Waals surface area contributed by atoms with E-state index in [4.69, 9.17) is 10.5 Å². The van der Waals surface area contributed by atoms with Gasteiger partial charge in [-0.2, -0.15) is 13.9 Å². The molecule has 1 amide bonds. The molecule has 1 aromatic rings. The number of hydrogen-bond acceptors (Lipinski definition) is 4. The second kappa shape index (κ2) is 5.30. The molecule has 2 N–H and O–H groups in total. The fraction of sp³-hybridized carbons (Fsp3) is 0.600. The third-order valence-corrected chi connectivity index (χ3v) is 2.63. The Balaban J connectivity index is 1.91. The van der Waals surface area contributed by atoms with E-state index in [1.807, 2.05) is 0 Å². The Morgan fingerprint density at radius 1 is 1.72 bits per heavy atom. The quantitative estimate of drug-likeness (QED) is 0.848. The standard InChI is InChI=1S/C10H13F2N3O3/c11-10(12)17-4-2-6-1-3-15-8(18-6)5-7(14-15)9(13)16/h5-6,10H,1-4H2,(H2,13,16). The SMILES string of the molecule is NC(=O)c1cc2n(n1)CCC(CCOC(F)F)O2. The van der Waals surface area contributed by atoms with Crippen LogP contribution in [-0.4, -0.2) is 35.0 Å². The lowest BCUT2D eigenvalue weighted by molar-refractivity contribution is -0.133. The first kappa shape index (κ1) is 12.7. The summed E-state index contributed by atoms with van der Waals surface area (Å²) in [5.41, 5.74) is 5.23. The summed E-state index contributed by atoms with van der Waals surface area (Å²) in [5.74, 6) is -0.199. The molecule has 0 saturated carbocycles. The molecule has 6 nitrogen and oxygen atoms in total. The molecule has 100 valence electrons. The Labute approximate surface area is 102 Å². The number of halogens is 2. The number of primary amides is 1. The summed E-state index contributed by atoms with van der Waals surface area (Å²) in [6.07, 6.45) is 0.773. The van der Waals surface area contributed by atoms with Crippen LogP contribution in [0.5, 0.6) is 5.88 Å². The third kappa shape index (κ3) is 2.95. The zero-order chi connectivity index (χ0) is 13.1. The average Bonchev–Trinajstić information content (AvgIpc) is 2.71. The lowest BCUT2D eigenvalue weighted by atomic mass is 10.2. The van der Waals surface area contributed by atoms with Crippen LogP contribution >= 0.6 is 0 Å². The van der Waals surface area contributed by atoms with Gasteiger partial charge in [-0.3, -0.25) is 4.79 Å². The molecule has 0 aliphatic carbocycles. The van der Waals surface area contributed by atoms with Gasteiger partial charge >= 0.3 is 6.61 Å². The second-order valence-electron chi connectivity index (χ2n) is 3.90. The Morgan fingerprint density at radius 3 is 3.17 bits per heavy atom. The van der Waals surface area contributed by atoms with Crippen molar-refractivity contribution in [2.75, 3.05) is 6.61 Å². The highest BCUT2D eigenvalue weighted by Crippen LogP contribution is 2.23. The van der Waals surface area contributed by atoms with Gasteiger partial charge in [0.2, 0.25) is 5.88 Å². The molecular weight excluding hydrogens is 248 g/mol. The van der Waals surface area contributed by atoms with Gasteiger partial charge < -0.3 is 15.2 Å². The third-order valence-electron chi connectivity index (χ3n) is 2.63. The Hall–Kier alpha value is -1.70. The number of aromatic nitrogens is 2. The van der Waals surface area contributed by atoms with Crippen molar-refractivity contribution in [3.63, 3.8) is 0 Å². The molecule has 1 aromatic heterocycles. The Kier molecular flexibility index (Phi) is 3.75. The summed E-state index contributed by atoms with van der Waals surface area (Å²) >= 11 is 0. The normalized spacial score (nSPS) is 18.5. The van der Waals surface area contributed by atoms with E-state index in [0.717, 1.165) is 0 Å². The van der Waals surface area contributed by atoms with Gasteiger partial charge in [-0.25, -0.2) is 4.68 Å². The molecule has 2 rings (SSSR count). The van der Waals surface area contributed by atoms with E-state index >= 15 is 0 Å². The topological polar surface area (TPSA) is 79.4 Å². The van der Waals surface area contributed by atoms with Crippen LogP contribution in [0.25, 0.3) is 0 Å². The number of amides is 1. The molecule has 18 heavy (non-hydrogen) atoms. The molecule has 0 spiro atoms. The Bertz CT molecular complexity index is 436. The fourth-order valence-corrected chi connectivity index (χ4v) is 1.76. The summed E-state index contributed by atoms with van der Waals surface area (Å²) < 4.78 is 34.8. The van der Waals surface area contributed by atoms with Crippen LogP contribution in [0.1, 0.15) is 23.3 Å². The van der Waals surface area contributed by atoms with Crippen molar-refractivity contribution >= 4 is 5.91 Å². The van der Waals surface area contributed by atoms with E-state index in [9.17, 15) is 13.6 Å². The highest BCUT2D eigenvalue weighted by Gasteiger charge is 2.23. The summed E-state index contributed by atoms with van der Waals surface area (Å²) in [4.78, 5) is 10.9. The number of aryl methyl sites for hydroxylation is 1. The van der Waals surface area contributed by atoms with Gasteiger partial charge in [0.25, 0.3) is 5.91 Å². The smallest absolute Gasteiger partial charge is 0.345 e. The first-order valence-corrected chi connectivity index (χ1v) is 5.50. The van der Waals surface area contributed by atoms with Gasteiger partial charge in [0.1, 0.15) is 6.10 Å². The number of nitrogens with two attached hydrogens (primary N) is 1. The van der Waals surface area contributed by atoms with Crippen LogP contribution in [-0.2, 0) is 11.3 Å². The first-order valence-electron chi connectivity index (χ1n) is 5.50. The zero-order valence-electron chi connectivity index (χ0n) is 9.51. The monoisotopic (exact) mass is 261 g/mol. The van der Waals surface area contributed by atoms with Crippen LogP contribution in [0, 0.1) is 0 Å². The summed E-state index contributed by atoms with van der Waals surface area (Å²) in [6.45, 7) is -2.28. The number of ether oxygens (including phenoxy) is 2. The van der Waals surface area contributed by atoms with Crippen LogP contribution < -0.4 is 10.5 Å². The lowest BCUT2D eigenvalue weighted by Crippen LogP contribution is -2.27. The minimum Gasteiger partial charge on any atom is -0.474 e. The maximum Gasteiger partial charge on any atom is 0.345 e. The van der Waals surface area contributed by atoms with Gasteiger partial charge in [0, 0.05) is 25.5 Å². The van der Waals surface area contributed by atoms with E-state index in [-0.39, 0.29) is 18.4 Å². The van der Waals surface area contributed by atoms with Crippen LogP contribution in [0.15, 0.2) is 6.07 Å². The van der Waals surface area contributed by atoms with E-state index in [2.05, 4.69) is 9.84 Å². The highest BCUT2D eigenvalue weighted by atomic mass is 19.3. The molecule has 1 aliphatic heterocycles. The van der Waals surface area contributed by atoms with Gasteiger partial charge in [0.05, 0.1) is 6.61 Å². The number of nitrogens with zero attached hydrogens (tertiary/aromatic N) is 2. The Morgan fingerprint density at radius 2 is 2.50 bits per heavy atom. The van der Waals surface area contributed by atoms with E-state index in [1.54, 1.807) is 0 Å². The minimum atomic E-state index is -2.76. The van der Waals surface area contributed by atoms with Crippen molar-refractivity contribution in [1.29, 1.82) is 0 Å². The molecule has 2 heterocycles. The maximum atomic E-state index is 11.8. The van der Waals surface area contributed by atoms with Crippen LogP contribution in [0.4, 0.5) is 8.78 Å². The van der Waals surface area contributed by atoms with Crippen molar-refractivity contribution in [3.05, 3.63) is 11.8 Å². The number of carbonyl (C=O) groups excluding carboxylic acids is 1. The lowest BCUT2D eigenvalue weighted by Gasteiger charge is -2.24. The fourth-order valence-electron chi connectivity index (χ4n) is 1.76. The van der Waals surface area contributed by atoms with E-state index in [0.29, 0.717) is 25.3 Å². The number of carbonyl (C=O) groups is 1. The van der Waals surface area contributed by atoms with Crippen molar-refractivity contribution in [2.45, 2.75) is 32.1 Å². The molecule has 0 saturated heterocycles. The van der Waals surface area contributed by atoms with Crippen LogP contribution in [0.3, 0.4) is 0 Å². The molecular formula is C10H13F2N3O3. The molecule has 0 fully saturated rings. The highest BCUT2D eigenvalue weighted by molar-refractivity contribution is 5.91. The second-order valence-corrected chi connectivity index (χ2v) is 3.90. The predicted molar refractivity (Wildman–Crippen MR) is 56.4 cm³/mol. The molecule has 1 unspecified atom stereocenters. The van der Waals surface area contributed by atoms with E-state index < -0.39 is 12.5 Å². The average molecular weight is 261 g/mol. The first-order chi connectivity index (χ1) is 8.56.